The second-order valence-electron chi connectivity index (χ2n) is 5.17. The first-order valence-electron chi connectivity index (χ1n) is 6.56. The minimum absolute atomic E-state index is 0.0969. The van der Waals surface area contributed by atoms with Crippen molar-refractivity contribution in [1.82, 2.24) is 5.32 Å². The third-order valence-electron chi connectivity index (χ3n) is 3.22. The first-order valence-corrected chi connectivity index (χ1v) is 7.64. The van der Waals surface area contributed by atoms with E-state index in [1.165, 1.54) is 18.9 Å². The molecule has 1 aliphatic carbocycles. The molecular weight excluding hydrogens is 371 g/mol. The summed E-state index contributed by atoms with van der Waals surface area (Å²) in [6.07, 6.45) is 3.47. The quantitative estimate of drug-likeness (QED) is 0.678. The molecule has 0 bridgehead atoms. The van der Waals surface area contributed by atoms with E-state index in [1.807, 2.05) is 29.5 Å². The molecule has 0 aliphatic heterocycles. The van der Waals surface area contributed by atoms with E-state index in [-0.39, 0.29) is 17.6 Å². The first-order chi connectivity index (χ1) is 9.45. The van der Waals surface area contributed by atoms with Crippen molar-refractivity contribution in [3.63, 3.8) is 0 Å². The lowest BCUT2D eigenvalue weighted by Gasteiger charge is -2.15. The van der Waals surface area contributed by atoms with Gasteiger partial charge in [0.1, 0.15) is 0 Å². The monoisotopic (exact) mass is 388 g/mol. The molecule has 0 spiro atoms. The predicted molar refractivity (Wildman–Crippen MR) is 85.1 cm³/mol. The molecule has 5 nitrogen and oxygen atoms in total. The Morgan fingerprint density at radius 3 is 2.75 bits per heavy atom. The van der Waals surface area contributed by atoms with E-state index in [4.69, 9.17) is 5.11 Å². The lowest BCUT2D eigenvalue weighted by molar-refractivity contribution is 0.0698. The van der Waals surface area contributed by atoms with E-state index in [0.29, 0.717) is 5.69 Å². The van der Waals surface area contributed by atoms with Crippen LogP contribution in [0.1, 0.15) is 36.5 Å². The average molecular weight is 388 g/mol. The molecule has 1 atom stereocenters. The van der Waals surface area contributed by atoms with Gasteiger partial charge in [0, 0.05) is 9.61 Å². The molecule has 0 aromatic heterocycles. The number of anilines is 1. The number of hydrogen-bond acceptors (Lipinski definition) is 2. The summed E-state index contributed by atoms with van der Waals surface area (Å²) in [5.41, 5.74) is 0.413. The summed E-state index contributed by atoms with van der Waals surface area (Å²) in [6, 6.07) is 4.64. The van der Waals surface area contributed by atoms with Crippen LogP contribution in [0, 0.1) is 9.49 Å². The summed E-state index contributed by atoms with van der Waals surface area (Å²) in [7, 11) is 0. The fourth-order valence-corrected chi connectivity index (χ4v) is 2.59. The first kappa shape index (κ1) is 15.1. The second kappa shape index (κ2) is 6.43. The lowest BCUT2D eigenvalue weighted by Crippen LogP contribution is -2.36. The van der Waals surface area contributed by atoms with Crippen molar-refractivity contribution in [3.05, 3.63) is 27.3 Å². The fraction of sp³-hybridized carbons (Fsp3) is 0.429. The van der Waals surface area contributed by atoms with Crippen LogP contribution in [0.25, 0.3) is 0 Å². The minimum atomic E-state index is -1.05. The number of halogens is 1. The average Bonchev–Trinajstić information content (AvgIpc) is 3.14. The molecule has 6 heteroatoms. The van der Waals surface area contributed by atoms with Gasteiger partial charge in [0.2, 0.25) is 0 Å². The summed E-state index contributed by atoms with van der Waals surface area (Å²) in [5.74, 6) is -0.317. The van der Waals surface area contributed by atoms with Gasteiger partial charge in [0.25, 0.3) is 0 Å². The minimum Gasteiger partial charge on any atom is -0.478 e. The Morgan fingerprint density at radius 1 is 1.45 bits per heavy atom. The lowest BCUT2D eigenvalue weighted by atomic mass is 10.1. The molecule has 108 valence electrons. The normalized spacial score (nSPS) is 15.5. The fourth-order valence-electron chi connectivity index (χ4n) is 2.10. The molecule has 0 radical (unpaired) electrons. The molecule has 1 aromatic carbocycles. The molecule has 1 aliphatic rings. The summed E-state index contributed by atoms with van der Waals surface area (Å²) in [5, 5.41) is 14.6. The van der Waals surface area contributed by atoms with E-state index in [0.717, 1.165) is 15.9 Å². The number of aromatic carboxylic acids is 1. The van der Waals surface area contributed by atoms with Crippen LogP contribution < -0.4 is 10.6 Å². The van der Waals surface area contributed by atoms with E-state index in [9.17, 15) is 9.59 Å². The van der Waals surface area contributed by atoms with Gasteiger partial charge >= 0.3 is 12.0 Å². The standard InChI is InChI=1S/C14H17IN2O3/c1-8(6-9-2-3-9)16-14(20)17-12-5-4-10(15)7-11(12)13(18)19/h4-5,7-9H,2-3,6H2,1H3,(H,18,19)(H2,16,17,20). The van der Waals surface area contributed by atoms with E-state index >= 15 is 0 Å². The van der Waals surface area contributed by atoms with Crippen molar-refractivity contribution < 1.29 is 14.7 Å². The molecule has 1 unspecified atom stereocenters. The van der Waals surface area contributed by atoms with Gasteiger partial charge in [-0.3, -0.25) is 0 Å². The Labute approximate surface area is 131 Å². The van der Waals surface area contributed by atoms with Crippen molar-refractivity contribution in [3.8, 4) is 0 Å². The molecule has 1 fully saturated rings. The van der Waals surface area contributed by atoms with Crippen LogP contribution in [0.2, 0.25) is 0 Å². The van der Waals surface area contributed by atoms with E-state index in [1.54, 1.807) is 12.1 Å². The number of urea groups is 1. The second-order valence-corrected chi connectivity index (χ2v) is 6.42. The van der Waals surface area contributed by atoms with Gasteiger partial charge < -0.3 is 15.7 Å². The molecule has 20 heavy (non-hydrogen) atoms. The highest BCUT2D eigenvalue weighted by molar-refractivity contribution is 14.1. The van der Waals surface area contributed by atoms with Gasteiger partial charge in [0.15, 0.2) is 0 Å². The molecule has 1 aromatic rings. The van der Waals surface area contributed by atoms with Crippen molar-refractivity contribution in [2.45, 2.75) is 32.2 Å². The number of benzene rings is 1. The number of rotatable bonds is 5. The summed E-state index contributed by atoms with van der Waals surface area (Å²) in [6.45, 7) is 1.96. The number of amides is 2. The third kappa shape index (κ3) is 4.36. The number of hydrogen-bond donors (Lipinski definition) is 3. The molecule has 0 saturated heterocycles. The molecular formula is C14H17IN2O3. The number of carbonyl (C=O) groups is 2. The summed E-state index contributed by atoms with van der Waals surface area (Å²) >= 11 is 2.04. The Morgan fingerprint density at radius 2 is 2.15 bits per heavy atom. The maximum Gasteiger partial charge on any atom is 0.337 e. The maximum atomic E-state index is 11.9. The SMILES string of the molecule is CC(CC1CC1)NC(=O)Nc1ccc(I)cc1C(=O)O. The highest BCUT2D eigenvalue weighted by atomic mass is 127. The van der Waals surface area contributed by atoms with Crippen molar-refractivity contribution >= 4 is 40.3 Å². The number of carboxylic acids is 1. The van der Waals surface area contributed by atoms with Crippen molar-refractivity contribution in [1.29, 1.82) is 0 Å². The molecule has 0 heterocycles. The largest absolute Gasteiger partial charge is 0.478 e. The van der Waals surface area contributed by atoms with Crippen LogP contribution in [-0.2, 0) is 0 Å². The van der Waals surface area contributed by atoms with Crippen LogP contribution in [0.3, 0.4) is 0 Å². The van der Waals surface area contributed by atoms with Crippen LogP contribution in [0.4, 0.5) is 10.5 Å². The Hall–Kier alpha value is -1.31. The van der Waals surface area contributed by atoms with Gasteiger partial charge in [-0.05, 0) is 60.1 Å². The molecule has 2 rings (SSSR count). The van der Waals surface area contributed by atoms with Gasteiger partial charge in [0.05, 0.1) is 11.3 Å². The van der Waals surface area contributed by atoms with Crippen molar-refractivity contribution in [2.75, 3.05) is 5.32 Å². The maximum absolute atomic E-state index is 11.9. The Bertz CT molecular complexity index is 529. The number of carboxylic acid groups (broad SMARTS) is 1. The van der Waals surface area contributed by atoms with Crippen LogP contribution in [0.5, 0.6) is 0 Å². The Kier molecular flexibility index (Phi) is 4.85. The summed E-state index contributed by atoms with van der Waals surface area (Å²) in [4.78, 5) is 23.0. The smallest absolute Gasteiger partial charge is 0.337 e. The van der Waals surface area contributed by atoms with Crippen LogP contribution >= 0.6 is 22.6 Å². The topological polar surface area (TPSA) is 78.4 Å². The Balaban J connectivity index is 1.97. The highest BCUT2D eigenvalue weighted by Gasteiger charge is 2.24. The van der Waals surface area contributed by atoms with Gasteiger partial charge in [-0.2, -0.15) is 0 Å². The number of carbonyl (C=O) groups excluding carboxylic acids is 1. The van der Waals surface area contributed by atoms with E-state index < -0.39 is 5.97 Å². The van der Waals surface area contributed by atoms with Crippen molar-refractivity contribution in [2.24, 2.45) is 5.92 Å². The van der Waals surface area contributed by atoms with Crippen LogP contribution in [0.15, 0.2) is 18.2 Å². The predicted octanol–water partition coefficient (Wildman–Crippen LogP) is 3.30. The highest BCUT2D eigenvalue weighted by Crippen LogP contribution is 2.33. The zero-order valence-corrected chi connectivity index (χ0v) is 13.3. The van der Waals surface area contributed by atoms with Gasteiger partial charge in [-0.25, -0.2) is 9.59 Å². The molecule has 1 saturated carbocycles. The van der Waals surface area contributed by atoms with Gasteiger partial charge in [-0.1, -0.05) is 12.8 Å². The van der Waals surface area contributed by atoms with Crippen LogP contribution in [-0.4, -0.2) is 23.1 Å². The molecule has 2 amide bonds. The zero-order chi connectivity index (χ0) is 14.7. The third-order valence-corrected chi connectivity index (χ3v) is 3.89. The molecule has 3 N–H and O–H groups in total. The van der Waals surface area contributed by atoms with E-state index in [2.05, 4.69) is 10.6 Å². The number of nitrogens with one attached hydrogen (secondary N) is 2. The zero-order valence-electron chi connectivity index (χ0n) is 11.1. The van der Waals surface area contributed by atoms with Gasteiger partial charge in [-0.15, -0.1) is 0 Å². The summed E-state index contributed by atoms with van der Waals surface area (Å²) < 4.78 is 0.813.